The third-order valence-electron chi connectivity index (χ3n) is 3.02. The predicted octanol–water partition coefficient (Wildman–Crippen LogP) is 4.66. The summed E-state index contributed by atoms with van der Waals surface area (Å²) in [5.74, 6) is -0.00986. The SMILES string of the molecule is O=C(c1ccccc1I)c1c[nH]c2cccc(Cl)c12. The van der Waals surface area contributed by atoms with Crippen LogP contribution in [0.2, 0.25) is 5.02 Å². The average molecular weight is 382 g/mol. The number of H-pyrrole nitrogens is 1. The van der Waals surface area contributed by atoms with Crippen LogP contribution in [0.25, 0.3) is 10.9 Å². The Bertz CT molecular complexity index is 779. The number of aromatic amines is 1. The number of nitrogens with one attached hydrogen (secondary N) is 1. The van der Waals surface area contributed by atoms with Crippen LogP contribution in [0.15, 0.2) is 48.7 Å². The van der Waals surface area contributed by atoms with Crippen molar-refractivity contribution in [2.24, 2.45) is 0 Å². The summed E-state index contributed by atoms with van der Waals surface area (Å²) >= 11 is 8.37. The van der Waals surface area contributed by atoms with Crippen LogP contribution in [-0.4, -0.2) is 10.8 Å². The molecule has 2 nitrogen and oxygen atoms in total. The van der Waals surface area contributed by atoms with Gasteiger partial charge in [0.1, 0.15) is 0 Å². The van der Waals surface area contributed by atoms with Gasteiger partial charge in [0, 0.05) is 31.8 Å². The molecule has 0 aliphatic carbocycles. The second kappa shape index (κ2) is 4.98. The van der Waals surface area contributed by atoms with Gasteiger partial charge >= 0.3 is 0 Å². The van der Waals surface area contributed by atoms with E-state index in [2.05, 4.69) is 27.6 Å². The number of aromatic nitrogens is 1. The van der Waals surface area contributed by atoms with Gasteiger partial charge in [0.05, 0.1) is 5.02 Å². The maximum absolute atomic E-state index is 12.6. The highest BCUT2D eigenvalue weighted by Gasteiger charge is 2.17. The number of carbonyl (C=O) groups is 1. The van der Waals surface area contributed by atoms with Crippen LogP contribution in [0.5, 0.6) is 0 Å². The molecule has 0 spiro atoms. The Labute approximate surface area is 128 Å². The molecular weight excluding hydrogens is 373 g/mol. The fourth-order valence-corrected chi connectivity index (χ4v) is 3.02. The molecule has 0 aliphatic rings. The minimum Gasteiger partial charge on any atom is -0.360 e. The molecule has 0 amide bonds. The minimum atomic E-state index is -0.00986. The number of hydrogen-bond acceptors (Lipinski definition) is 1. The number of ketones is 1. The van der Waals surface area contributed by atoms with E-state index >= 15 is 0 Å². The summed E-state index contributed by atoms with van der Waals surface area (Å²) in [7, 11) is 0. The third-order valence-corrected chi connectivity index (χ3v) is 4.27. The normalized spacial score (nSPS) is 10.8. The quantitative estimate of drug-likeness (QED) is 0.508. The number of rotatable bonds is 2. The van der Waals surface area contributed by atoms with Gasteiger partial charge in [-0.1, -0.05) is 29.8 Å². The summed E-state index contributed by atoms with van der Waals surface area (Å²) in [5, 5.41) is 1.38. The van der Waals surface area contributed by atoms with Crippen molar-refractivity contribution in [3.05, 3.63) is 68.4 Å². The molecule has 0 fully saturated rings. The lowest BCUT2D eigenvalue weighted by atomic mass is 10.0. The largest absolute Gasteiger partial charge is 0.360 e. The molecule has 0 radical (unpaired) electrons. The van der Waals surface area contributed by atoms with Crippen molar-refractivity contribution in [2.45, 2.75) is 0 Å². The molecule has 2 aromatic carbocycles. The zero-order valence-corrected chi connectivity index (χ0v) is 12.7. The van der Waals surface area contributed by atoms with Crippen molar-refractivity contribution >= 4 is 50.9 Å². The van der Waals surface area contributed by atoms with Gasteiger partial charge in [-0.15, -0.1) is 0 Å². The van der Waals surface area contributed by atoms with Crippen LogP contribution in [0.3, 0.4) is 0 Å². The summed E-state index contributed by atoms with van der Waals surface area (Å²) < 4.78 is 0.937. The summed E-state index contributed by atoms with van der Waals surface area (Å²) in [4.78, 5) is 15.7. The molecule has 0 aliphatic heterocycles. The maximum atomic E-state index is 12.6. The van der Waals surface area contributed by atoms with E-state index in [-0.39, 0.29) is 5.78 Å². The number of fused-ring (bicyclic) bond motifs is 1. The summed E-state index contributed by atoms with van der Waals surface area (Å²) in [6, 6.07) is 13.1. The highest BCUT2D eigenvalue weighted by atomic mass is 127. The first kappa shape index (κ1) is 12.7. The summed E-state index contributed by atoms with van der Waals surface area (Å²) in [6.45, 7) is 0. The van der Waals surface area contributed by atoms with E-state index in [1.165, 1.54) is 0 Å². The van der Waals surface area contributed by atoms with Crippen LogP contribution < -0.4 is 0 Å². The van der Waals surface area contributed by atoms with Crippen molar-refractivity contribution < 1.29 is 4.79 Å². The first-order chi connectivity index (χ1) is 9.18. The van der Waals surface area contributed by atoms with Crippen LogP contribution in [0.1, 0.15) is 15.9 Å². The number of carbonyl (C=O) groups excluding carboxylic acids is 1. The molecule has 1 aromatic heterocycles. The summed E-state index contributed by atoms with van der Waals surface area (Å²) in [6.07, 6.45) is 1.72. The zero-order chi connectivity index (χ0) is 13.4. The van der Waals surface area contributed by atoms with Crippen LogP contribution in [0.4, 0.5) is 0 Å². The van der Waals surface area contributed by atoms with Crippen molar-refractivity contribution in [1.29, 1.82) is 0 Å². The molecule has 3 rings (SSSR count). The van der Waals surface area contributed by atoms with E-state index in [1.807, 2.05) is 36.4 Å². The lowest BCUT2D eigenvalue weighted by Gasteiger charge is -2.03. The molecule has 0 unspecified atom stereocenters. The Morgan fingerprint density at radius 1 is 1.05 bits per heavy atom. The molecule has 3 aromatic rings. The van der Waals surface area contributed by atoms with E-state index < -0.39 is 0 Å². The van der Waals surface area contributed by atoms with Gasteiger partial charge < -0.3 is 4.98 Å². The molecule has 4 heteroatoms. The highest BCUT2D eigenvalue weighted by Crippen LogP contribution is 2.29. The van der Waals surface area contributed by atoms with Gasteiger partial charge in [-0.05, 0) is 46.9 Å². The van der Waals surface area contributed by atoms with Crippen LogP contribution >= 0.6 is 34.2 Å². The Hall–Kier alpha value is -1.33. The molecule has 94 valence electrons. The van der Waals surface area contributed by atoms with Crippen LogP contribution in [0, 0.1) is 3.57 Å². The second-order valence-electron chi connectivity index (χ2n) is 4.17. The van der Waals surface area contributed by atoms with Gasteiger partial charge in [-0.25, -0.2) is 0 Å². The number of hydrogen-bond donors (Lipinski definition) is 1. The summed E-state index contributed by atoms with van der Waals surface area (Å²) in [5.41, 5.74) is 2.19. The monoisotopic (exact) mass is 381 g/mol. The fourth-order valence-electron chi connectivity index (χ4n) is 2.11. The molecule has 0 atom stereocenters. The highest BCUT2D eigenvalue weighted by molar-refractivity contribution is 14.1. The van der Waals surface area contributed by atoms with E-state index in [0.29, 0.717) is 16.1 Å². The topological polar surface area (TPSA) is 32.9 Å². The van der Waals surface area contributed by atoms with Crippen molar-refractivity contribution in [3.63, 3.8) is 0 Å². The lowest BCUT2D eigenvalue weighted by Crippen LogP contribution is -2.02. The molecule has 19 heavy (non-hydrogen) atoms. The lowest BCUT2D eigenvalue weighted by molar-refractivity contribution is 0.103. The molecule has 0 saturated carbocycles. The predicted molar refractivity (Wildman–Crippen MR) is 85.9 cm³/mol. The first-order valence-corrected chi connectivity index (χ1v) is 7.19. The standard InChI is InChI=1S/C15H9ClINO/c16-11-5-3-7-13-14(11)10(8-18-13)15(19)9-4-1-2-6-12(9)17/h1-8,18H. The van der Waals surface area contributed by atoms with Gasteiger partial charge in [0.2, 0.25) is 0 Å². The molecule has 1 heterocycles. The molecule has 1 N–H and O–H groups in total. The van der Waals surface area contributed by atoms with E-state index in [4.69, 9.17) is 11.6 Å². The van der Waals surface area contributed by atoms with Gasteiger partial charge in [0.15, 0.2) is 5.78 Å². The Balaban J connectivity index is 2.21. The van der Waals surface area contributed by atoms with Crippen molar-refractivity contribution in [1.82, 2.24) is 4.98 Å². The number of halogens is 2. The van der Waals surface area contributed by atoms with Gasteiger partial charge in [-0.3, -0.25) is 4.79 Å². The minimum absolute atomic E-state index is 0.00986. The van der Waals surface area contributed by atoms with E-state index in [0.717, 1.165) is 14.5 Å². The average Bonchev–Trinajstić information content (AvgIpc) is 2.84. The first-order valence-electron chi connectivity index (χ1n) is 5.73. The van der Waals surface area contributed by atoms with Crippen LogP contribution in [-0.2, 0) is 0 Å². The fraction of sp³-hybridized carbons (Fsp3) is 0. The Morgan fingerprint density at radius 3 is 2.63 bits per heavy atom. The zero-order valence-electron chi connectivity index (χ0n) is 9.78. The Kier molecular flexibility index (Phi) is 3.33. The molecule has 0 saturated heterocycles. The van der Waals surface area contributed by atoms with Gasteiger partial charge in [-0.2, -0.15) is 0 Å². The third kappa shape index (κ3) is 2.17. The molecule has 0 bridgehead atoms. The second-order valence-corrected chi connectivity index (χ2v) is 5.74. The van der Waals surface area contributed by atoms with E-state index in [1.54, 1.807) is 12.3 Å². The van der Waals surface area contributed by atoms with Crippen molar-refractivity contribution in [2.75, 3.05) is 0 Å². The Morgan fingerprint density at radius 2 is 1.84 bits per heavy atom. The van der Waals surface area contributed by atoms with Crippen molar-refractivity contribution in [3.8, 4) is 0 Å². The maximum Gasteiger partial charge on any atom is 0.196 e. The smallest absolute Gasteiger partial charge is 0.196 e. The number of benzene rings is 2. The molecular formula is C15H9ClINO. The van der Waals surface area contributed by atoms with E-state index in [9.17, 15) is 4.79 Å². The van der Waals surface area contributed by atoms with Gasteiger partial charge in [0.25, 0.3) is 0 Å².